The third-order valence-corrected chi connectivity index (χ3v) is 6.13. The van der Waals surface area contributed by atoms with E-state index in [2.05, 4.69) is 32.2 Å². The van der Waals surface area contributed by atoms with E-state index in [0.717, 1.165) is 75.4 Å². The Morgan fingerprint density at radius 2 is 1.94 bits per heavy atom. The molecule has 0 radical (unpaired) electrons. The Balaban J connectivity index is 1.26. The molecule has 1 saturated heterocycles. The monoisotopic (exact) mass is 444 g/mol. The van der Waals surface area contributed by atoms with Crippen molar-refractivity contribution in [2.45, 2.75) is 32.6 Å². The van der Waals surface area contributed by atoms with Crippen molar-refractivity contribution in [2.75, 3.05) is 59.4 Å². The van der Waals surface area contributed by atoms with Crippen molar-refractivity contribution in [3.63, 3.8) is 0 Å². The summed E-state index contributed by atoms with van der Waals surface area (Å²) in [6.45, 7) is 10.5. The number of carbonyl (C=O) groups excluding carboxylic acids is 1. The highest BCUT2D eigenvalue weighted by Crippen LogP contribution is 2.19. The van der Waals surface area contributed by atoms with Gasteiger partial charge in [-0.05, 0) is 57.0 Å². The van der Waals surface area contributed by atoms with Crippen LogP contribution < -0.4 is 5.32 Å². The van der Waals surface area contributed by atoms with E-state index in [1.165, 1.54) is 25.2 Å². The van der Waals surface area contributed by atoms with Gasteiger partial charge in [0.15, 0.2) is 0 Å². The molecule has 1 aliphatic rings. The number of hydrogen-bond donors (Lipinski definition) is 2. The average Bonchev–Trinajstić information content (AvgIpc) is 3.28. The fourth-order valence-corrected chi connectivity index (χ4v) is 4.01. The van der Waals surface area contributed by atoms with Crippen LogP contribution in [-0.4, -0.2) is 90.3 Å². The largest absolute Gasteiger partial charge is 0.338 e. The normalized spacial score (nSPS) is 15.1. The number of rotatable bonds is 11. The zero-order valence-electron chi connectivity index (χ0n) is 19.4. The first-order chi connectivity index (χ1) is 15.5. The molecular formula is C24H37FN6O. The first-order valence-corrected chi connectivity index (χ1v) is 11.8. The highest BCUT2D eigenvalue weighted by atomic mass is 19.1. The Morgan fingerprint density at radius 3 is 2.69 bits per heavy atom. The lowest BCUT2D eigenvalue weighted by atomic mass is 10.1. The second-order valence-electron chi connectivity index (χ2n) is 8.53. The van der Waals surface area contributed by atoms with Crippen molar-refractivity contribution in [1.82, 2.24) is 30.2 Å². The maximum Gasteiger partial charge on any atom is 0.317 e. The molecule has 0 unspecified atom stereocenters. The fraction of sp³-hybridized carbons (Fsp3) is 0.583. The Bertz CT molecular complexity index is 833. The zero-order valence-corrected chi connectivity index (χ0v) is 19.4. The summed E-state index contributed by atoms with van der Waals surface area (Å²) in [5.74, 6) is -0.269. The van der Waals surface area contributed by atoms with Gasteiger partial charge < -0.3 is 20.0 Å². The van der Waals surface area contributed by atoms with Gasteiger partial charge in [-0.25, -0.2) is 9.18 Å². The van der Waals surface area contributed by atoms with Crippen LogP contribution in [0.1, 0.15) is 31.9 Å². The van der Waals surface area contributed by atoms with Gasteiger partial charge in [0, 0.05) is 57.6 Å². The van der Waals surface area contributed by atoms with Crippen LogP contribution in [0, 0.1) is 5.82 Å². The lowest BCUT2D eigenvalue weighted by molar-refractivity contribution is 0.135. The molecule has 2 amide bonds. The molecule has 1 aromatic heterocycles. The molecule has 176 valence electrons. The molecule has 2 aromatic rings. The van der Waals surface area contributed by atoms with E-state index < -0.39 is 0 Å². The topological polar surface area (TPSA) is 67.5 Å². The number of piperazine rings is 1. The summed E-state index contributed by atoms with van der Waals surface area (Å²) < 4.78 is 13.4. The number of nitrogens with one attached hydrogen (secondary N) is 2. The Kier molecular flexibility index (Phi) is 9.49. The lowest BCUT2D eigenvalue weighted by Crippen LogP contribution is -2.46. The first kappa shape index (κ1) is 24.2. The maximum absolute atomic E-state index is 13.4. The minimum absolute atomic E-state index is 0.0216. The summed E-state index contributed by atoms with van der Waals surface area (Å²) in [5.41, 5.74) is 2.47. The predicted molar refractivity (Wildman–Crippen MR) is 126 cm³/mol. The van der Waals surface area contributed by atoms with Crippen molar-refractivity contribution in [2.24, 2.45) is 0 Å². The molecule has 1 fully saturated rings. The van der Waals surface area contributed by atoms with Crippen LogP contribution in [0.4, 0.5) is 9.18 Å². The average molecular weight is 445 g/mol. The molecule has 0 aliphatic carbocycles. The number of aryl methyl sites for hydroxylation is 1. The maximum atomic E-state index is 13.4. The van der Waals surface area contributed by atoms with Crippen LogP contribution in [0.3, 0.4) is 0 Å². The van der Waals surface area contributed by atoms with Crippen LogP contribution >= 0.6 is 0 Å². The molecule has 0 saturated carbocycles. The van der Waals surface area contributed by atoms with Gasteiger partial charge in [-0.2, -0.15) is 5.10 Å². The number of halogens is 1. The molecule has 32 heavy (non-hydrogen) atoms. The summed E-state index contributed by atoms with van der Waals surface area (Å²) in [5, 5.41) is 10.3. The van der Waals surface area contributed by atoms with Crippen molar-refractivity contribution in [3.05, 3.63) is 41.8 Å². The van der Waals surface area contributed by atoms with E-state index in [1.54, 1.807) is 11.0 Å². The van der Waals surface area contributed by atoms with Crippen molar-refractivity contribution in [1.29, 1.82) is 0 Å². The smallest absolute Gasteiger partial charge is 0.317 e. The van der Waals surface area contributed by atoms with Gasteiger partial charge in [0.25, 0.3) is 0 Å². The van der Waals surface area contributed by atoms with E-state index in [1.807, 2.05) is 19.2 Å². The molecule has 3 rings (SSSR count). The SMILES string of the molecule is CCN1CCN(CCCCNC(=O)N(C)CCCc2cc(-c3cccc(F)c3)n[nH]2)CC1. The summed E-state index contributed by atoms with van der Waals surface area (Å²) >= 11 is 0. The van der Waals surface area contributed by atoms with Gasteiger partial charge in [0.1, 0.15) is 5.82 Å². The number of carbonyl (C=O) groups is 1. The summed E-state index contributed by atoms with van der Waals surface area (Å²) in [6.07, 6.45) is 3.73. The van der Waals surface area contributed by atoms with E-state index >= 15 is 0 Å². The molecule has 1 aliphatic heterocycles. The van der Waals surface area contributed by atoms with E-state index in [-0.39, 0.29) is 11.8 Å². The van der Waals surface area contributed by atoms with Crippen LogP contribution in [0.15, 0.2) is 30.3 Å². The van der Waals surface area contributed by atoms with E-state index in [9.17, 15) is 9.18 Å². The number of urea groups is 1. The number of unbranched alkanes of at least 4 members (excludes halogenated alkanes) is 1. The fourth-order valence-electron chi connectivity index (χ4n) is 4.01. The number of aromatic nitrogens is 2. The second kappa shape index (κ2) is 12.6. The van der Waals surface area contributed by atoms with Crippen molar-refractivity contribution < 1.29 is 9.18 Å². The second-order valence-corrected chi connectivity index (χ2v) is 8.53. The van der Waals surface area contributed by atoms with Crippen LogP contribution in [0.25, 0.3) is 11.3 Å². The van der Waals surface area contributed by atoms with Crippen molar-refractivity contribution >= 4 is 6.03 Å². The standard InChI is InChI=1S/C24H37FN6O/c1-3-30-14-16-31(17-15-30)13-5-4-11-26-24(32)29(2)12-7-10-22-19-23(28-27-22)20-8-6-9-21(25)18-20/h6,8-9,18-19H,3-5,7,10-17H2,1-2H3,(H,26,32)(H,27,28). The summed E-state index contributed by atoms with van der Waals surface area (Å²) in [4.78, 5) is 19.0. The third kappa shape index (κ3) is 7.60. The molecule has 0 spiro atoms. The number of amides is 2. The Morgan fingerprint density at radius 1 is 1.16 bits per heavy atom. The highest BCUT2D eigenvalue weighted by molar-refractivity contribution is 5.73. The molecule has 0 bridgehead atoms. The molecule has 7 nitrogen and oxygen atoms in total. The Hall–Kier alpha value is -2.45. The molecule has 0 atom stereocenters. The minimum Gasteiger partial charge on any atom is -0.338 e. The molecule has 8 heteroatoms. The van der Waals surface area contributed by atoms with E-state index in [0.29, 0.717) is 6.54 Å². The van der Waals surface area contributed by atoms with Gasteiger partial charge >= 0.3 is 6.03 Å². The van der Waals surface area contributed by atoms with Crippen LogP contribution in [0.5, 0.6) is 0 Å². The third-order valence-electron chi connectivity index (χ3n) is 6.13. The molecule has 2 heterocycles. The van der Waals surface area contributed by atoms with Gasteiger partial charge in [-0.1, -0.05) is 19.1 Å². The van der Waals surface area contributed by atoms with Gasteiger partial charge in [0.2, 0.25) is 0 Å². The summed E-state index contributed by atoms with van der Waals surface area (Å²) in [6, 6.07) is 8.34. The first-order valence-electron chi connectivity index (χ1n) is 11.8. The lowest BCUT2D eigenvalue weighted by Gasteiger charge is -2.34. The predicted octanol–water partition coefficient (Wildman–Crippen LogP) is 3.21. The molecule has 1 aromatic carbocycles. The number of nitrogens with zero attached hydrogens (tertiary/aromatic N) is 4. The van der Waals surface area contributed by atoms with Crippen LogP contribution in [0.2, 0.25) is 0 Å². The molecule has 2 N–H and O–H groups in total. The van der Waals surface area contributed by atoms with Crippen LogP contribution in [-0.2, 0) is 6.42 Å². The highest BCUT2D eigenvalue weighted by Gasteiger charge is 2.14. The minimum atomic E-state index is -0.269. The van der Waals surface area contributed by atoms with Gasteiger partial charge in [-0.3, -0.25) is 5.10 Å². The number of benzene rings is 1. The molecular weight excluding hydrogens is 407 g/mol. The van der Waals surface area contributed by atoms with Crippen molar-refractivity contribution in [3.8, 4) is 11.3 Å². The Labute approximate surface area is 191 Å². The number of hydrogen-bond acceptors (Lipinski definition) is 4. The quantitative estimate of drug-likeness (QED) is 0.523. The van der Waals surface area contributed by atoms with E-state index in [4.69, 9.17) is 0 Å². The zero-order chi connectivity index (χ0) is 22.8. The number of H-pyrrole nitrogens is 1. The number of likely N-dealkylation sites (N-methyl/N-ethyl adjacent to an activating group) is 1. The summed E-state index contributed by atoms with van der Waals surface area (Å²) in [7, 11) is 1.83. The van der Waals surface area contributed by atoms with Gasteiger partial charge in [-0.15, -0.1) is 0 Å². The van der Waals surface area contributed by atoms with Gasteiger partial charge in [0.05, 0.1) is 5.69 Å². The number of aromatic amines is 1.